The van der Waals surface area contributed by atoms with Gasteiger partial charge >= 0.3 is 0 Å². The second-order valence-corrected chi connectivity index (χ2v) is 7.23. The Hall–Kier alpha value is -3.55. The summed E-state index contributed by atoms with van der Waals surface area (Å²) in [5.41, 5.74) is 6.04. The number of nitrogens with one attached hydrogen (secondary N) is 2. The predicted octanol–water partition coefficient (Wildman–Crippen LogP) is 2.44. The highest BCUT2D eigenvalue weighted by Gasteiger charge is 2.20. The zero-order chi connectivity index (χ0) is 22.2. The number of carbonyl (C=O) groups is 3. The van der Waals surface area contributed by atoms with Crippen LogP contribution in [0.25, 0.3) is 0 Å². The first-order valence-corrected chi connectivity index (χ1v) is 10.3. The maximum Gasteiger partial charge on any atom is 0.279 e. The van der Waals surface area contributed by atoms with Gasteiger partial charge < -0.3 is 14.4 Å². The molecule has 8 nitrogen and oxygen atoms in total. The Kier molecular flexibility index (Phi) is 7.48. The average Bonchev–Trinajstić information content (AvgIpc) is 3.17. The van der Waals surface area contributed by atoms with Crippen LogP contribution in [0, 0.1) is 0 Å². The van der Waals surface area contributed by atoms with Crippen LogP contribution in [0.3, 0.4) is 0 Å². The van der Waals surface area contributed by atoms with Gasteiger partial charge in [-0.25, -0.2) is 0 Å². The summed E-state index contributed by atoms with van der Waals surface area (Å²) in [6.07, 6.45) is 0.621. The molecular formula is C23H27N3O5. The van der Waals surface area contributed by atoms with Crippen molar-refractivity contribution >= 4 is 17.7 Å². The van der Waals surface area contributed by atoms with Gasteiger partial charge in [-0.3, -0.25) is 25.2 Å². The summed E-state index contributed by atoms with van der Waals surface area (Å²) in [4.78, 5) is 38.3. The van der Waals surface area contributed by atoms with Gasteiger partial charge in [-0.15, -0.1) is 0 Å². The molecule has 0 aromatic heterocycles. The number of benzene rings is 2. The lowest BCUT2D eigenvalue weighted by Crippen LogP contribution is -2.47. The van der Waals surface area contributed by atoms with E-state index in [2.05, 4.69) is 10.9 Å². The van der Waals surface area contributed by atoms with Crippen LogP contribution >= 0.6 is 0 Å². The van der Waals surface area contributed by atoms with Gasteiger partial charge in [0.05, 0.1) is 6.61 Å². The van der Waals surface area contributed by atoms with E-state index in [9.17, 15) is 14.4 Å². The van der Waals surface area contributed by atoms with E-state index >= 15 is 0 Å². The van der Waals surface area contributed by atoms with Gasteiger partial charge in [0.1, 0.15) is 11.5 Å². The Labute approximate surface area is 181 Å². The van der Waals surface area contributed by atoms with Gasteiger partial charge in [0.25, 0.3) is 11.8 Å². The van der Waals surface area contributed by atoms with E-state index in [-0.39, 0.29) is 5.91 Å². The van der Waals surface area contributed by atoms with Crippen molar-refractivity contribution in [3.8, 4) is 11.5 Å². The minimum atomic E-state index is -0.814. The maximum atomic E-state index is 12.4. The van der Waals surface area contributed by atoms with Crippen molar-refractivity contribution in [2.24, 2.45) is 0 Å². The van der Waals surface area contributed by atoms with Crippen molar-refractivity contribution in [1.82, 2.24) is 15.8 Å². The van der Waals surface area contributed by atoms with Crippen LogP contribution in [0.5, 0.6) is 11.5 Å². The molecule has 1 atom stereocenters. The third-order valence-electron chi connectivity index (χ3n) is 4.85. The third-order valence-corrected chi connectivity index (χ3v) is 4.85. The van der Waals surface area contributed by atoms with Crippen LogP contribution in [-0.4, -0.2) is 41.9 Å². The molecule has 0 bridgehead atoms. The molecule has 0 spiro atoms. The lowest BCUT2D eigenvalue weighted by atomic mass is 10.1. The molecule has 1 fully saturated rings. The molecule has 0 radical (unpaired) electrons. The van der Waals surface area contributed by atoms with Gasteiger partial charge in [-0.05, 0) is 62.2 Å². The SMILES string of the molecule is CCOc1ccc(O[C@H](C)C(=O)NNC(=O)c2cccc(CN3CCCC3=O)c2)cc1. The molecule has 31 heavy (non-hydrogen) atoms. The summed E-state index contributed by atoms with van der Waals surface area (Å²) < 4.78 is 11.0. The summed E-state index contributed by atoms with van der Waals surface area (Å²) in [7, 11) is 0. The normalized spacial score (nSPS) is 14.1. The molecule has 1 aliphatic rings. The van der Waals surface area contributed by atoms with Gasteiger partial charge in [-0.1, -0.05) is 12.1 Å². The molecule has 1 aliphatic heterocycles. The molecule has 2 aromatic carbocycles. The number of hydrazine groups is 1. The molecule has 0 aliphatic carbocycles. The van der Waals surface area contributed by atoms with Crippen LogP contribution in [0.15, 0.2) is 48.5 Å². The minimum absolute atomic E-state index is 0.128. The second-order valence-electron chi connectivity index (χ2n) is 7.23. The predicted molar refractivity (Wildman–Crippen MR) is 114 cm³/mol. The molecule has 1 saturated heterocycles. The van der Waals surface area contributed by atoms with E-state index in [1.807, 2.05) is 13.0 Å². The van der Waals surface area contributed by atoms with E-state index in [1.54, 1.807) is 54.3 Å². The number of hydrogen-bond donors (Lipinski definition) is 2. The first-order valence-electron chi connectivity index (χ1n) is 10.3. The molecule has 0 unspecified atom stereocenters. The first kappa shape index (κ1) is 22.1. The molecule has 3 rings (SSSR count). The third kappa shape index (κ3) is 6.21. The Morgan fingerprint density at radius 3 is 2.52 bits per heavy atom. The quantitative estimate of drug-likeness (QED) is 0.633. The Morgan fingerprint density at radius 1 is 1.10 bits per heavy atom. The number of hydrogen-bond acceptors (Lipinski definition) is 5. The van der Waals surface area contributed by atoms with E-state index in [0.717, 1.165) is 24.3 Å². The summed E-state index contributed by atoms with van der Waals surface area (Å²) in [5, 5.41) is 0. The standard InChI is InChI=1S/C23H27N3O5/c1-3-30-19-9-11-20(12-10-19)31-16(2)22(28)24-25-23(29)18-7-4-6-17(14-18)15-26-13-5-8-21(26)27/h4,6-7,9-12,14,16H,3,5,8,13,15H2,1-2H3,(H,24,28)(H,25,29)/t16-/m1/s1. The molecule has 0 saturated carbocycles. The number of nitrogens with zero attached hydrogens (tertiary/aromatic N) is 1. The number of carbonyl (C=O) groups excluding carboxylic acids is 3. The number of amides is 3. The maximum absolute atomic E-state index is 12.4. The molecular weight excluding hydrogens is 398 g/mol. The lowest BCUT2D eigenvalue weighted by molar-refractivity contribution is -0.128. The lowest BCUT2D eigenvalue weighted by Gasteiger charge is -2.17. The van der Waals surface area contributed by atoms with Crippen molar-refractivity contribution in [3.63, 3.8) is 0 Å². The van der Waals surface area contributed by atoms with Gasteiger partial charge in [0.15, 0.2) is 6.10 Å². The fourth-order valence-corrected chi connectivity index (χ4v) is 3.23. The first-order chi connectivity index (χ1) is 15.0. The number of ether oxygens (including phenoxy) is 2. The highest BCUT2D eigenvalue weighted by atomic mass is 16.5. The van der Waals surface area contributed by atoms with Crippen LogP contribution in [0.1, 0.15) is 42.6 Å². The van der Waals surface area contributed by atoms with Crippen LogP contribution < -0.4 is 20.3 Å². The Balaban J connectivity index is 1.49. The fourth-order valence-electron chi connectivity index (χ4n) is 3.23. The monoisotopic (exact) mass is 425 g/mol. The van der Waals surface area contributed by atoms with Crippen LogP contribution in [0.2, 0.25) is 0 Å². The van der Waals surface area contributed by atoms with Gasteiger partial charge in [0.2, 0.25) is 5.91 Å². The van der Waals surface area contributed by atoms with Gasteiger partial charge in [0, 0.05) is 25.1 Å². The zero-order valence-electron chi connectivity index (χ0n) is 17.7. The average molecular weight is 425 g/mol. The molecule has 2 aromatic rings. The highest BCUT2D eigenvalue weighted by Crippen LogP contribution is 2.19. The molecule has 2 N–H and O–H groups in total. The van der Waals surface area contributed by atoms with Crippen molar-refractivity contribution < 1.29 is 23.9 Å². The van der Waals surface area contributed by atoms with Crippen LogP contribution in [0.4, 0.5) is 0 Å². The topological polar surface area (TPSA) is 97.0 Å². The molecule has 164 valence electrons. The zero-order valence-corrected chi connectivity index (χ0v) is 17.7. The number of rotatable bonds is 8. The molecule has 1 heterocycles. The summed E-state index contributed by atoms with van der Waals surface area (Å²) in [6, 6.07) is 13.9. The largest absolute Gasteiger partial charge is 0.494 e. The Bertz CT molecular complexity index is 929. The minimum Gasteiger partial charge on any atom is -0.494 e. The number of likely N-dealkylation sites (tertiary alicyclic amines) is 1. The van der Waals surface area contributed by atoms with E-state index < -0.39 is 17.9 Å². The Morgan fingerprint density at radius 2 is 1.84 bits per heavy atom. The second kappa shape index (κ2) is 10.5. The van der Waals surface area contributed by atoms with E-state index in [4.69, 9.17) is 9.47 Å². The van der Waals surface area contributed by atoms with Crippen molar-refractivity contribution in [2.75, 3.05) is 13.2 Å². The van der Waals surface area contributed by atoms with Crippen LogP contribution in [-0.2, 0) is 16.1 Å². The van der Waals surface area contributed by atoms with Crippen molar-refractivity contribution in [3.05, 3.63) is 59.7 Å². The molecule has 8 heteroatoms. The summed E-state index contributed by atoms with van der Waals surface area (Å²) >= 11 is 0. The van der Waals surface area contributed by atoms with Crippen molar-refractivity contribution in [2.45, 2.75) is 39.3 Å². The summed E-state index contributed by atoms with van der Waals surface area (Å²) in [5.74, 6) is 0.429. The fraction of sp³-hybridized carbons (Fsp3) is 0.348. The molecule has 3 amide bonds. The van der Waals surface area contributed by atoms with E-state index in [0.29, 0.717) is 30.9 Å². The van der Waals surface area contributed by atoms with Gasteiger partial charge in [-0.2, -0.15) is 0 Å². The summed E-state index contributed by atoms with van der Waals surface area (Å²) in [6.45, 7) is 5.26. The highest BCUT2D eigenvalue weighted by molar-refractivity contribution is 5.96. The van der Waals surface area contributed by atoms with E-state index in [1.165, 1.54) is 0 Å². The van der Waals surface area contributed by atoms with Crippen molar-refractivity contribution in [1.29, 1.82) is 0 Å². The smallest absolute Gasteiger partial charge is 0.279 e.